The molecule has 0 heterocycles. The summed E-state index contributed by atoms with van der Waals surface area (Å²) in [5, 5.41) is 17.1. The molecule has 0 spiro atoms. The van der Waals surface area contributed by atoms with Gasteiger partial charge in [0, 0.05) is 0 Å². The molecule has 2 rings (SSSR count). The molecule has 0 saturated carbocycles. The predicted molar refractivity (Wildman–Crippen MR) is 128 cm³/mol. The second-order valence-electron chi connectivity index (χ2n) is 9.00. The van der Waals surface area contributed by atoms with Crippen LogP contribution in [0, 0.1) is 23.0 Å². The fourth-order valence-electron chi connectivity index (χ4n) is 3.84. The molecule has 5 nitrogen and oxygen atoms in total. The number of rotatable bonds is 12. The van der Waals surface area contributed by atoms with Crippen LogP contribution in [-0.4, -0.2) is 16.6 Å². The molecule has 0 aliphatic carbocycles. The normalized spacial score (nSPS) is 11.4. The van der Waals surface area contributed by atoms with Crippen molar-refractivity contribution in [3.63, 3.8) is 0 Å². The summed E-state index contributed by atoms with van der Waals surface area (Å²) in [6, 6.07) is 17.8. The standard InChI is InChI=1S/C24H32N2O3Si2/c1-30(2,17-5-7-21-9-13-23(14-10-21)27-19-25)29-31(3,4)18-6-8-22-11-15-24(16-12-22)28-20-26/h9-16H,5-8,17-18H2,1-4H3. The van der Waals surface area contributed by atoms with Gasteiger partial charge in [0.15, 0.2) is 16.6 Å². The summed E-state index contributed by atoms with van der Waals surface area (Å²) in [6.45, 7) is 9.33. The summed E-state index contributed by atoms with van der Waals surface area (Å²) in [7, 11) is -3.43. The van der Waals surface area contributed by atoms with Gasteiger partial charge in [-0.15, -0.1) is 10.5 Å². The summed E-state index contributed by atoms with van der Waals surface area (Å²) in [6.07, 6.45) is 7.64. The van der Waals surface area contributed by atoms with E-state index in [-0.39, 0.29) is 0 Å². The van der Waals surface area contributed by atoms with Crippen LogP contribution >= 0.6 is 0 Å². The molecule has 0 unspecified atom stereocenters. The Balaban J connectivity index is 1.74. The van der Waals surface area contributed by atoms with Crippen LogP contribution in [-0.2, 0) is 17.0 Å². The Morgan fingerprint density at radius 3 is 1.32 bits per heavy atom. The highest BCUT2D eigenvalue weighted by Crippen LogP contribution is 2.26. The van der Waals surface area contributed by atoms with Gasteiger partial charge < -0.3 is 13.6 Å². The first kappa shape index (κ1) is 24.7. The summed E-state index contributed by atoms with van der Waals surface area (Å²) >= 11 is 0. The number of hydrogen-bond donors (Lipinski definition) is 0. The molecule has 0 saturated heterocycles. The van der Waals surface area contributed by atoms with E-state index in [4.69, 9.17) is 24.1 Å². The maximum atomic E-state index is 8.56. The van der Waals surface area contributed by atoms with Crippen molar-refractivity contribution in [2.45, 2.75) is 64.0 Å². The van der Waals surface area contributed by atoms with Gasteiger partial charge >= 0.3 is 0 Å². The van der Waals surface area contributed by atoms with Crippen molar-refractivity contribution in [3.05, 3.63) is 59.7 Å². The van der Waals surface area contributed by atoms with Crippen molar-refractivity contribution in [1.29, 1.82) is 10.5 Å². The van der Waals surface area contributed by atoms with E-state index >= 15 is 0 Å². The summed E-state index contributed by atoms with van der Waals surface area (Å²) < 4.78 is 16.4. The second-order valence-corrected chi connectivity index (χ2v) is 17.9. The summed E-state index contributed by atoms with van der Waals surface area (Å²) in [5.74, 6) is 1.17. The minimum absolute atomic E-state index is 0.587. The largest absolute Gasteiger partial charge is 0.455 e. The summed E-state index contributed by atoms with van der Waals surface area (Å²) in [5.41, 5.74) is 2.52. The maximum absolute atomic E-state index is 8.56. The van der Waals surface area contributed by atoms with Gasteiger partial charge in [0.1, 0.15) is 11.5 Å². The number of hydrogen-bond acceptors (Lipinski definition) is 5. The lowest BCUT2D eigenvalue weighted by molar-refractivity contribution is 0.506. The first-order chi connectivity index (χ1) is 14.7. The highest BCUT2D eigenvalue weighted by Gasteiger charge is 2.32. The van der Waals surface area contributed by atoms with Crippen LogP contribution < -0.4 is 9.47 Å². The van der Waals surface area contributed by atoms with Gasteiger partial charge in [0.2, 0.25) is 0 Å². The van der Waals surface area contributed by atoms with Crippen LogP contribution in [0.5, 0.6) is 11.5 Å². The molecule has 31 heavy (non-hydrogen) atoms. The Labute approximate surface area is 188 Å². The van der Waals surface area contributed by atoms with Crippen molar-refractivity contribution < 1.29 is 13.6 Å². The fraction of sp³-hybridized carbons (Fsp3) is 0.417. The Kier molecular flexibility index (Phi) is 9.32. The lowest BCUT2D eigenvalue weighted by Crippen LogP contribution is -2.44. The monoisotopic (exact) mass is 452 g/mol. The van der Waals surface area contributed by atoms with Crippen molar-refractivity contribution in [2.24, 2.45) is 0 Å². The van der Waals surface area contributed by atoms with Crippen LogP contribution in [0.2, 0.25) is 38.3 Å². The van der Waals surface area contributed by atoms with Crippen LogP contribution in [0.3, 0.4) is 0 Å². The van der Waals surface area contributed by atoms with E-state index in [2.05, 4.69) is 26.2 Å². The predicted octanol–water partition coefficient (Wildman–Crippen LogP) is 6.40. The zero-order chi connectivity index (χ0) is 22.7. The minimum Gasteiger partial charge on any atom is -0.455 e. The Morgan fingerprint density at radius 2 is 1.00 bits per heavy atom. The zero-order valence-corrected chi connectivity index (χ0v) is 21.0. The van der Waals surface area contributed by atoms with Crippen LogP contribution in [0.4, 0.5) is 0 Å². The summed E-state index contributed by atoms with van der Waals surface area (Å²) in [4.78, 5) is 0. The Hall–Kier alpha value is -2.59. The molecule has 0 aromatic heterocycles. The Morgan fingerprint density at radius 1 is 0.645 bits per heavy atom. The van der Waals surface area contributed by atoms with Crippen molar-refractivity contribution in [2.75, 3.05) is 0 Å². The Bertz CT molecular complexity index is 823. The molecule has 0 amide bonds. The van der Waals surface area contributed by atoms with Crippen LogP contribution in [0.15, 0.2) is 48.5 Å². The number of benzene rings is 2. The van der Waals surface area contributed by atoms with E-state index in [1.54, 1.807) is 12.5 Å². The molecule has 7 heteroatoms. The highest BCUT2D eigenvalue weighted by molar-refractivity contribution is 6.84. The average Bonchev–Trinajstić information content (AvgIpc) is 2.70. The first-order valence-corrected chi connectivity index (χ1v) is 17.0. The van der Waals surface area contributed by atoms with Gasteiger partial charge in [0.05, 0.1) is 0 Å². The molecular weight excluding hydrogens is 420 g/mol. The van der Waals surface area contributed by atoms with Gasteiger partial charge in [-0.2, -0.15) is 0 Å². The molecule has 0 bridgehead atoms. The van der Waals surface area contributed by atoms with Gasteiger partial charge in [0.25, 0.3) is 12.5 Å². The van der Waals surface area contributed by atoms with E-state index in [9.17, 15) is 0 Å². The topological polar surface area (TPSA) is 75.3 Å². The molecule has 0 atom stereocenters. The number of ether oxygens (including phenoxy) is 2. The molecule has 0 aliphatic rings. The van der Waals surface area contributed by atoms with E-state index in [0.717, 1.165) is 37.8 Å². The van der Waals surface area contributed by atoms with Gasteiger partial charge in [-0.05, 0) is 99.4 Å². The zero-order valence-electron chi connectivity index (χ0n) is 19.0. The SMILES string of the molecule is C[Si](C)(CCCc1ccc(OC#N)cc1)O[Si](C)(C)CCCc1ccc(OC#N)cc1. The van der Waals surface area contributed by atoms with E-state index in [1.807, 2.05) is 48.5 Å². The average molecular weight is 453 g/mol. The third kappa shape index (κ3) is 9.39. The number of nitrogens with zero attached hydrogens (tertiary/aromatic N) is 2. The molecule has 0 aliphatic heterocycles. The fourth-order valence-corrected chi connectivity index (χ4v) is 12.7. The quantitative estimate of drug-likeness (QED) is 0.275. The smallest absolute Gasteiger partial charge is 0.292 e. The van der Waals surface area contributed by atoms with Gasteiger partial charge in [-0.1, -0.05) is 24.3 Å². The lowest BCUT2D eigenvalue weighted by atomic mass is 10.1. The highest BCUT2D eigenvalue weighted by atomic mass is 28.4. The van der Waals surface area contributed by atoms with Crippen LogP contribution in [0.1, 0.15) is 24.0 Å². The van der Waals surface area contributed by atoms with E-state index < -0.39 is 16.6 Å². The van der Waals surface area contributed by atoms with Crippen molar-refractivity contribution >= 4 is 16.6 Å². The molecular formula is C24H32N2O3Si2. The molecule has 2 aromatic carbocycles. The van der Waals surface area contributed by atoms with Gasteiger partial charge in [-0.25, -0.2) is 0 Å². The van der Waals surface area contributed by atoms with Crippen molar-refractivity contribution in [1.82, 2.24) is 0 Å². The molecule has 2 aromatic rings. The van der Waals surface area contributed by atoms with Gasteiger partial charge in [-0.3, -0.25) is 0 Å². The lowest BCUT2D eigenvalue weighted by Gasteiger charge is -2.34. The molecule has 0 N–H and O–H groups in total. The third-order valence-electron chi connectivity index (χ3n) is 5.21. The second kappa shape index (κ2) is 11.7. The number of nitriles is 2. The van der Waals surface area contributed by atoms with E-state index in [0.29, 0.717) is 11.5 Å². The third-order valence-corrected chi connectivity index (χ3v) is 12.8. The maximum Gasteiger partial charge on any atom is 0.292 e. The molecule has 164 valence electrons. The van der Waals surface area contributed by atoms with Crippen LogP contribution in [0.25, 0.3) is 0 Å². The van der Waals surface area contributed by atoms with E-state index in [1.165, 1.54) is 11.1 Å². The minimum atomic E-state index is -1.72. The molecule has 0 radical (unpaired) electrons. The van der Waals surface area contributed by atoms with Crippen molar-refractivity contribution in [3.8, 4) is 24.0 Å². The first-order valence-electron chi connectivity index (χ1n) is 10.7. The number of aryl methyl sites for hydroxylation is 2. The molecule has 0 fully saturated rings.